The van der Waals surface area contributed by atoms with Gasteiger partial charge in [-0.3, -0.25) is 0 Å². The Bertz CT molecular complexity index is 148. The molecule has 0 heterocycles. The molecule has 0 spiro atoms. The van der Waals surface area contributed by atoms with E-state index < -0.39 is 0 Å². The predicted molar refractivity (Wildman–Crippen MR) is 71.7 cm³/mol. The van der Waals surface area contributed by atoms with Gasteiger partial charge in [-0.2, -0.15) is 0 Å². The number of hydrogen-bond donors (Lipinski definition) is 0. The van der Waals surface area contributed by atoms with Crippen molar-refractivity contribution in [3.63, 3.8) is 0 Å². The molecule has 2 fully saturated rings. The first kappa shape index (κ1) is 11.8. The van der Waals surface area contributed by atoms with Crippen molar-refractivity contribution in [1.29, 1.82) is 0 Å². The molecule has 1 heteroatoms. The van der Waals surface area contributed by atoms with E-state index in [9.17, 15) is 0 Å². The Labute approximate surface area is 98.6 Å². The highest BCUT2D eigenvalue weighted by molar-refractivity contribution is 7.98. The van der Waals surface area contributed by atoms with Gasteiger partial charge < -0.3 is 0 Å². The molecule has 88 valence electrons. The molecule has 0 saturated heterocycles. The van der Waals surface area contributed by atoms with Gasteiger partial charge in [-0.1, -0.05) is 12.8 Å². The Hall–Kier alpha value is 0.350. The van der Waals surface area contributed by atoms with E-state index in [2.05, 4.69) is 6.92 Å². The van der Waals surface area contributed by atoms with Gasteiger partial charge in [0.2, 0.25) is 0 Å². The molecule has 2 aliphatic carbocycles. The second-order valence-electron chi connectivity index (χ2n) is 5.28. The van der Waals surface area contributed by atoms with Crippen molar-refractivity contribution in [1.82, 2.24) is 0 Å². The summed E-state index contributed by atoms with van der Waals surface area (Å²) in [6.07, 6.45) is 15.4. The van der Waals surface area contributed by atoms with E-state index in [-0.39, 0.29) is 0 Å². The van der Waals surface area contributed by atoms with Gasteiger partial charge in [-0.25, -0.2) is 0 Å². The molecule has 0 unspecified atom stereocenters. The lowest BCUT2D eigenvalue weighted by atomic mass is 10.00. The Morgan fingerprint density at radius 2 is 1.13 bits per heavy atom. The van der Waals surface area contributed by atoms with Gasteiger partial charge in [0.05, 0.1) is 0 Å². The Morgan fingerprint density at radius 3 is 1.47 bits per heavy atom. The molecule has 0 aromatic rings. The smallest absolute Gasteiger partial charge is 0.0529 e. The second-order valence-corrected chi connectivity index (χ2v) is 8.13. The molecule has 2 saturated carbocycles. The maximum atomic E-state index is 2.45. The zero-order valence-electron chi connectivity index (χ0n) is 10.3. The molecule has 0 aliphatic heterocycles. The molecule has 0 nitrogen and oxygen atoms in total. The van der Waals surface area contributed by atoms with Gasteiger partial charge in [-0.15, -0.1) is 0 Å². The van der Waals surface area contributed by atoms with Crippen molar-refractivity contribution in [2.24, 2.45) is 0 Å². The Morgan fingerprint density at radius 1 is 0.733 bits per heavy atom. The molecule has 2 rings (SSSR count). The molecule has 0 amide bonds. The summed E-state index contributed by atoms with van der Waals surface area (Å²) in [5.41, 5.74) is 0. The summed E-state index contributed by atoms with van der Waals surface area (Å²) >= 11 is 0. The zero-order chi connectivity index (χ0) is 10.5. The quantitative estimate of drug-likeness (QED) is 0.631. The maximum Gasteiger partial charge on any atom is 0.118 e. The van der Waals surface area contributed by atoms with Crippen LogP contribution in [0.25, 0.3) is 0 Å². The third kappa shape index (κ3) is 3.15. The van der Waals surface area contributed by atoms with Crippen LogP contribution in [-0.4, -0.2) is 16.3 Å². The van der Waals surface area contributed by atoms with Crippen molar-refractivity contribution in [2.75, 3.05) is 5.75 Å². The van der Waals surface area contributed by atoms with E-state index in [4.69, 9.17) is 0 Å². The second kappa shape index (κ2) is 6.18. The van der Waals surface area contributed by atoms with Crippen molar-refractivity contribution in [3.05, 3.63) is 0 Å². The molecular formula is C14H27S+. The van der Waals surface area contributed by atoms with Gasteiger partial charge in [0, 0.05) is 0 Å². The van der Waals surface area contributed by atoms with Crippen molar-refractivity contribution < 1.29 is 0 Å². The Kier molecular flexibility index (Phi) is 4.87. The number of hydrogen-bond acceptors (Lipinski definition) is 0. The van der Waals surface area contributed by atoms with Crippen molar-refractivity contribution in [2.45, 2.75) is 81.6 Å². The topological polar surface area (TPSA) is 0 Å². The van der Waals surface area contributed by atoms with Crippen LogP contribution in [0.2, 0.25) is 0 Å². The van der Waals surface area contributed by atoms with Crippen molar-refractivity contribution in [3.8, 4) is 0 Å². The van der Waals surface area contributed by atoms with Crippen LogP contribution < -0.4 is 0 Å². The van der Waals surface area contributed by atoms with Gasteiger partial charge in [0.1, 0.15) is 16.3 Å². The van der Waals surface area contributed by atoms with E-state index >= 15 is 0 Å². The monoisotopic (exact) mass is 227 g/mol. The Balaban J connectivity index is 1.88. The standard InChI is InChI=1S/C14H27S/c1-2-15(13-9-5-3-6-10-13)14-11-7-4-8-12-14/h13-14H,2-12H2,1H3/q+1. The summed E-state index contributed by atoms with van der Waals surface area (Å²) in [7, 11) is 0.796. The first-order chi connectivity index (χ1) is 7.42. The lowest BCUT2D eigenvalue weighted by Gasteiger charge is -2.29. The highest BCUT2D eigenvalue weighted by atomic mass is 32.2. The summed E-state index contributed by atoms with van der Waals surface area (Å²) in [4.78, 5) is 0. The van der Waals surface area contributed by atoms with Gasteiger partial charge in [0.25, 0.3) is 0 Å². The average Bonchev–Trinajstić information content (AvgIpc) is 2.33. The van der Waals surface area contributed by atoms with Gasteiger partial charge in [0.15, 0.2) is 0 Å². The van der Waals surface area contributed by atoms with E-state index in [0.29, 0.717) is 0 Å². The van der Waals surface area contributed by atoms with Crippen LogP contribution in [0, 0.1) is 0 Å². The fourth-order valence-electron chi connectivity index (χ4n) is 3.48. The largest absolute Gasteiger partial charge is 0.118 e. The summed E-state index contributed by atoms with van der Waals surface area (Å²) in [5.74, 6) is 1.48. The minimum Gasteiger partial charge on any atom is -0.0529 e. The van der Waals surface area contributed by atoms with Crippen LogP contribution in [0.5, 0.6) is 0 Å². The van der Waals surface area contributed by atoms with Crippen LogP contribution in [0.3, 0.4) is 0 Å². The predicted octanol–water partition coefficient (Wildman–Crippen LogP) is 4.29. The molecule has 0 N–H and O–H groups in total. The average molecular weight is 227 g/mol. The molecule has 0 bridgehead atoms. The fourth-order valence-corrected chi connectivity index (χ4v) is 6.84. The molecule has 2 aliphatic rings. The summed E-state index contributed by atoms with van der Waals surface area (Å²) < 4.78 is 0. The van der Waals surface area contributed by atoms with Gasteiger partial charge in [-0.05, 0) is 69.2 Å². The van der Waals surface area contributed by atoms with Gasteiger partial charge >= 0.3 is 0 Å². The lowest BCUT2D eigenvalue weighted by Crippen LogP contribution is -2.36. The van der Waals surface area contributed by atoms with Crippen LogP contribution >= 0.6 is 0 Å². The molecule has 15 heavy (non-hydrogen) atoms. The van der Waals surface area contributed by atoms with E-state index in [0.717, 1.165) is 21.4 Å². The normalized spacial score (nSPS) is 26.0. The maximum absolute atomic E-state index is 2.45. The molecule has 0 radical (unpaired) electrons. The van der Waals surface area contributed by atoms with Crippen LogP contribution in [0.4, 0.5) is 0 Å². The van der Waals surface area contributed by atoms with E-state index in [1.165, 1.54) is 44.3 Å². The molecular weight excluding hydrogens is 200 g/mol. The molecule has 0 atom stereocenters. The third-order valence-electron chi connectivity index (χ3n) is 4.29. The molecule has 0 aromatic carbocycles. The summed E-state index contributed by atoms with van der Waals surface area (Å²) in [5, 5.41) is 2.26. The molecule has 0 aromatic heterocycles. The van der Waals surface area contributed by atoms with Crippen LogP contribution in [-0.2, 0) is 10.9 Å². The fraction of sp³-hybridized carbons (Fsp3) is 1.00. The zero-order valence-corrected chi connectivity index (χ0v) is 11.2. The minimum absolute atomic E-state index is 0.796. The van der Waals surface area contributed by atoms with E-state index in [1.54, 1.807) is 25.7 Å². The lowest BCUT2D eigenvalue weighted by molar-refractivity contribution is 0.489. The summed E-state index contributed by atoms with van der Waals surface area (Å²) in [6, 6.07) is 0. The van der Waals surface area contributed by atoms with Crippen molar-refractivity contribution >= 4 is 10.9 Å². The first-order valence-electron chi connectivity index (χ1n) is 7.10. The highest BCUT2D eigenvalue weighted by Gasteiger charge is 2.37. The van der Waals surface area contributed by atoms with Crippen LogP contribution in [0.15, 0.2) is 0 Å². The summed E-state index contributed by atoms with van der Waals surface area (Å²) in [6.45, 7) is 2.45. The SMILES string of the molecule is CC[S+](C1CCCCC1)C1CCCCC1. The highest BCUT2D eigenvalue weighted by Crippen LogP contribution is 2.33. The first-order valence-corrected chi connectivity index (χ1v) is 8.62. The third-order valence-corrected chi connectivity index (χ3v) is 7.62. The van der Waals surface area contributed by atoms with Crippen LogP contribution in [0.1, 0.15) is 71.1 Å². The number of rotatable bonds is 3. The minimum atomic E-state index is 0.796. The van der Waals surface area contributed by atoms with E-state index in [1.807, 2.05) is 0 Å².